The van der Waals surface area contributed by atoms with Crippen LogP contribution >= 0.6 is 0 Å². The zero-order valence-corrected chi connectivity index (χ0v) is 73.4. The summed E-state index contributed by atoms with van der Waals surface area (Å²) in [5.74, 6) is -4.85. The molecule has 11 heterocycles. The molecule has 11 aliphatic heterocycles. The van der Waals surface area contributed by atoms with Gasteiger partial charge in [0, 0.05) is 34.6 Å². The second-order valence-corrected chi connectivity index (χ2v) is 34.5. The standard InChI is InChI=1S/C76H127N5O55/c1-17-38(95)49(106)53(110)71(118-17)116-16-32-62(45(102)33(66(115)119-32)77-18(2)90)130-69-36(80-21(5)93)47(104)60(29(13-88)125-69)133-74-57(114)63(43(100)31(128-74)15-117-75-64(52(109)42(99)26(10-85)123-75)135-70-37(81-22(6)94)48(105)59(28(12-87)126-70)132-73-55(112)51(108)41(98)25(9-84)122-73)134-76-65(136-67-34(78-19(3)91)44(101)39(96)23(7-82)120-67)56(113)61(30(14-89)127-76)129-68-35(79-20(4)92)46(103)58(27(11-86)124-68)131-72-54(111)50(107)40(97)24(8-83)121-72/h17,23-76,82-89,95-115H,7-16H2,1-6H3,(H,77,90)(H,78,91)(H,79,92)(H,80,93)(H,81,94)/t17-,23+,24+,25+,26+,27+,28+,29+,30+,31+,32+,33+,34+,35+,36+,37+,38+,39+,40-,41-,42+,43+,44+,45+,46+,47+,48+,49+,50-,51-,52-,53-,54+,55+,56-,57-,58+,59+,60+,61+,62+,63-,64-,65-,66+,67-,68-,69-,70-,71+,72-,73-,74-,75-,76+/m0/s1. The molecule has 0 aromatic rings. The summed E-state index contributed by atoms with van der Waals surface area (Å²) in [6, 6.07) is -9.84. The minimum absolute atomic E-state index is 0.869. The van der Waals surface area contributed by atoms with Crippen molar-refractivity contribution in [2.24, 2.45) is 0 Å². The minimum Gasteiger partial charge on any atom is -0.394 e. The van der Waals surface area contributed by atoms with Crippen LogP contribution in [-0.4, -0.2) is 581 Å². The van der Waals surface area contributed by atoms with Crippen LogP contribution in [0.3, 0.4) is 0 Å². The first-order chi connectivity index (χ1) is 64.3. The molecule has 0 aromatic carbocycles. The molecule has 60 nitrogen and oxygen atoms in total. The van der Waals surface area contributed by atoms with Crippen molar-refractivity contribution in [3.63, 3.8) is 0 Å². The van der Waals surface area contributed by atoms with Crippen LogP contribution in [0.15, 0.2) is 0 Å². The molecule has 60 heteroatoms. The monoisotopic (exact) mass is 1990 g/mol. The summed E-state index contributed by atoms with van der Waals surface area (Å²) in [5, 5.41) is 339. The highest BCUT2D eigenvalue weighted by molar-refractivity contribution is 5.75. The highest BCUT2D eigenvalue weighted by Crippen LogP contribution is 2.42. The second kappa shape index (κ2) is 48.8. The van der Waals surface area contributed by atoms with Crippen LogP contribution in [0.5, 0.6) is 0 Å². The molecule has 0 aliphatic carbocycles. The molecule has 55 atom stereocenters. The summed E-state index contributed by atoms with van der Waals surface area (Å²) in [6.45, 7) is -5.61. The Kier molecular flexibility index (Phi) is 40.1. The molecule has 11 fully saturated rings. The molecule has 11 saturated heterocycles. The van der Waals surface area contributed by atoms with Gasteiger partial charge in [-0.25, -0.2) is 0 Å². The number of aliphatic hydroxyl groups is 29. The lowest BCUT2D eigenvalue weighted by atomic mass is 9.93. The topological polar surface area (TPSA) is 926 Å². The molecule has 0 aromatic heterocycles. The van der Waals surface area contributed by atoms with E-state index in [4.69, 9.17) is 99.5 Å². The summed E-state index contributed by atoms with van der Waals surface area (Å²) in [7, 11) is 0. The van der Waals surface area contributed by atoms with Crippen molar-refractivity contribution >= 4 is 29.5 Å². The van der Waals surface area contributed by atoms with Gasteiger partial charge in [0.05, 0.1) is 72.2 Å². The zero-order valence-electron chi connectivity index (χ0n) is 73.4. The molecule has 136 heavy (non-hydrogen) atoms. The third kappa shape index (κ3) is 24.8. The van der Waals surface area contributed by atoms with Gasteiger partial charge in [0.2, 0.25) is 29.5 Å². The lowest BCUT2D eigenvalue weighted by molar-refractivity contribution is -0.404. The first kappa shape index (κ1) is 112. The van der Waals surface area contributed by atoms with Crippen LogP contribution in [0, 0.1) is 0 Å². The van der Waals surface area contributed by atoms with E-state index in [0.29, 0.717) is 0 Å². The number of nitrogens with one attached hydrogen (secondary N) is 5. The van der Waals surface area contributed by atoms with Gasteiger partial charge in [-0.05, 0) is 6.92 Å². The quantitative estimate of drug-likeness (QED) is 0.0280. The van der Waals surface area contributed by atoms with Gasteiger partial charge in [-0.1, -0.05) is 0 Å². The third-order valence-corrected chi connectivity index (χ3v) is 24.9. The highest BCUT2D eigenvalue weighted by Gasteiger charge is 2.63. The fourth-order valence-electron chi connectivity index (χ4n) is 17.7. The Labute approximate surface area is 770 Å². The molecule has 0 bridgehead atoms. The lowest BCUT2D eigenvalue weighted by Gasteiger charge is -2.52. The second-order valence-electron chi connectivity index (χ2n) is 34.5. The Balaban J connectivity index is 0.962. The van der Waals surface area contributed by atoms with E-state index < -0.39 is 433 Å². The molecule has 0 saturated carbocycles. The van der Waals surface area contributed by atoms with Gasteiger partial charge < -0.3 is 274 Å². The Hall–Kier alpha value is -4.65. The van der Waals surface area contributed by atoms with Gasteiger partial charge >= 0.3 is 0 Å². The first-order valence-electron chi connectivity index (χ1n) is 43.5. The molecular formula is C76H127N5O55. The predicted molar refractivity (Wildman–Crippen MR) is 419 cm³/mol. The number of carbonyl (C=O) groups excluding carboxylic acids is 5. The SMILES string of the molecule is CC(=O)N[C@@H]1[C@@H](O)[C@H](O[C@@H]2O[C@H](CO)[C@@H](O[C@@H]3O[C@H](CO[C@H]4O[C@H](CO)[C@@H](O)[C@H](O)[C@@H]4O[C@@H]4O[C@H](CO)[C@@H](O[C@@H]5O[C@H](CO)[C@H](O)[C@H](O)[C@H]5O)[C@H](O)[C@H]4NC(C)=O)[C@@H](O)[C@H](O[C@H]4O[C@H](CO)[C@@H](O[C@@H]5O[C@H](CO)[C@@H](O[C@@H]6O[C@H](CO)[C@H](O)[C@H](O)[C@H]6O)[C@H](O)[C@H]5NC(C)=O)[C@H](O)[C@@H]4O[C@@H]4O[C@H](CO)[C@@H](O)[C@H](O)[C@H]4NC(C)=O)[C@@H]3O)[C@H](O)[C@H]2NC(C)=O)[C@@H](CO[C@@H]2O[C@@H](C)[C@@H](O)[C@@H](O)[C@@H]2O)O[C@H]1O. The molecular weight excluding hydrogens is 1860 g/mol. The number of hydrogen-bond donors (Lipinski definition) is 34. The Morgan fingerprint density at radius 2 is 0.463 bits per heavy atom. The number of carbonyl (C=O) groups is 5. The fraction of sp³-hybridized carbons (Fsp3) is 0.934. The van der Waals surface area contributed by atoms with E-state index in [0.717, 1.165) is 34.6 Å². The van der Waals surface area contributed by atoms with Crippen LogP contribution < -0.4 is 26.6 Å². The lowest BCUT2D eigenvalue weighted by Crippen LogP contribution is -2.71. The van der Waals surface area contributed by atoms with E-state index in [1.54, 1.807) is 0 Å². The van der Waals surface area contributed by atoms with Crippen molar-refractivity contribution in [3.8, 4) is 0 Å². The maximum absolute atomic E-state index is 13.4. The van der Waals surface area contributed by atoms with Crippen LogP contribution in [0.4, 0.5) is 0 Å². The summed E-state index contributed by atoms with van der Waals surface area (Å²) in [5.41, 5.74) is 0. The number of amides is 5. The van der Waals surface area contributed by atoms with Gasteiger partial charge in [0.1, 0.15) is 262 Å². The van der Waals surface area contributed by atoms with Gasteiger partial charge in [-0.15, -0.1) is 0 Å². The average Bonchev–Trinajstić information content (AvgIpc) is 0.775. The molecule has 0 unspecified atom stereocenters. The summed E-state index contributed by atoms with van der Waals surface area (Å²) >= 11 is 0. The van der Waals surface area contributed by atoms with Gasteiger partial charge in [-0.2, -0.15) is 0 Å². The number of aliphatic hydroxyl groups excluding tert-OH is 29. The van der Waals surface area contributed by atoms with E-state index in [-0.39, 0.29) is 0 Å². The summed E-state index contributed by atoms with van der Waals surface area (Å²) < 4.78 is 126. The summed E-state index contributed by atoms with van der Waals surface area (Å²) in [6.07, 6.45) is -106. The highest BCUT2D eigenvalue weighted by atomic mass is 16.8. The molecule has 0 radical (unpaired) electrons. The first-order valence-corrected chi connectivity index (χ1v) is 43.5. The molecule has 11 aliphatic rings. The Morgan fingerprint density at radius 3 is 0.860 bits per heavy atom. The van der Waals surface area contributed by atoms with E-state index in [2.05, 4.69) is 26.6 Å². The van der Waals surface area contributed by atoms with Crippen LogP contribution in [0.2, 0.25) is 0 Å². The van der Waals surface area contributed by atoms with Crippen molar-refractivity contribution in [1.29, 1.82) is 0 Å². The predicted octanol–water partition coefficient (Wildman–Crippen LogP) is -23.2. The smallest absolute Gasteiger partial charge is 0.217 e. The molecule has 5 amide bonds. The van der Waals surface area contributed by atoms with E-state index in [1.165, 1.54) is 6.92 Å². The van der Waals surface area contributed by atoms with Crippen molar-refractivity contribution in [2.75, 3.05) is 66.1 Å². The minimum atomic E-state index is -2.73. The van der Waals surface area contributed by atoms with Crippen LogP contribution in [0.25, 0.3) is 0 Å². The normalized spacial score (nSPS) is 49.2. The maximum Gasteiger partial charge on any atom is 0.217 e. The van der Waals surface area contributed by atoms with E-state index in [1.807, 2.05) is 0 Å². The zero-order chi connectivity index (χ0) is 100. The van der Waals surface area contributed by atoms with Crippen molar-refractivity contribution in [1.82, 2.24) is 26.6 Å². The maximum atomic E-state index is 13.4. The third-order valence-electron chi connectivity index (χ3n) is 24.9. The van der Waals surface area contributed by atoms with Crippen molar-refractivity contribution in [3.05, 3.63) is 0 Å². The average molecular weight is 1990 g/mol. The fourth-order valence-corrected chi connectivity index (χ4v) is 17.7. The molecule has 786 valence electrons. The van der Waals surface area contributed by atoms with Gasteiger partial charge in [-0.3, -0.25) is 24.0 Å². The van der Waals surface area contributed by atoms with Gasteiger partial charge in [0.25, 0.3) is 0 Å². The molecule has 11 rings (SSSR count). The summed E-state index contributed by atoms with van der Waals surface area (Å²) in [4.78, 5) is 65.1. The Bertz CT molecular complexity index is 3760. The van der Waals surface area contributed by atoms with Crippen LogP contribution in [0.1, 0.15) is 41.5 Å². The van der Waals surface area contributed by atoms with Crippen molar-refractivity contribution < 1.29 is 272 Å². The molecule has 0 spiro atoms. The molecule has 34 N–H and O–H groups in total. The van der Waals surface area contributed by atoms with Crippen molar-refractivity contribution in [2.45, 2.75) is 379 Å². The van der Waals surface area contributed by atoms with E-state index in [9.17, 15) is 172 Å². The van der Waals surface area contributed by atoms with E-state index >= 15 is 0 Å². The number of ether oxygens (including phenoxy) is 21. The number of hydrogen-bond acceptors (Lipinski definition) is 55. The number of rotatable bonds is 35. The van der Waals surface area contributed by atoms with Gasteiger partial charge in [0.15, 0.2) is 69.2 Å². The largest absolute Gasteiger partial charge is 0.394 e. The Morgan fingerprint density at radius 1 is 0.206 bits per heavy atom. The van der Waals surface area contributed by atoms with Crippen LogP contribution in [-0.2, 0) is 123 Å².